The van der Waals surface area contributed by atoms with Crippen molar-refractivity contribution in [3.63, 3.8) is 0 Å². The van der Waals surface area contributed by atoms with Crippen LogP contribution in [0.3, 0.4) is 0 Å². The number of carbonyl (C=O) groups is 1. The number of benzene rings is 1. The van der Waals surface area contributed by atoms with E-state index in [1.807, 2.05) is 0 Å². The lowest BCUT2D eigenvalue weighted by Crippen LogP contribution is -2.32. The molecular weight excluding hydrogens is 270 g/mol. The van der Waals surface area contributed by atoms with Crippen molar-refractivity contribution in [3.8, 4) is 0 Å². The van der Waals surface area contributed by atoms with Crippen molar-refractivity contribution in [1.82, 2.24) is 4.90 Å². The number of anilines is 1. The largest absolute Gasteiger partial charge is 0.378 e. The van der Waals surface area contributed by atoms with Gasteiger partial charge in [0.1, 0.15) is 0 Å². The first-order chi connectivity index (χ1) is 10.1. The van der Waals surface area contributed by atoms with E-state index in [1.54, 1.807) is 12.1 Å². The summed E-state index contributed by atoms with van der Waals surface area (Å²) in [4.78, 5) is 24.3. The fraction of sp³-hybridized carbons (Fsp3) is 0.533. The van der Waals surface area contributed by atoms with E-state index in [0.29, 0.717) is 6.42 Å². The van der Waals surface area contributed by atoms with Gasteiger partial charge in [0.25, 0.3) is 5.69 Å². The molecular formula is C15H21N3O3. The van der Waals surface area contributed by atoms with Gasteiger partial charge in [-0.2, -0.15) is 0 Å². The van der Waals surface area contributed by atoms with Crippen LogP contribution in [0.1, 0.15) is 25.7 Å². The van der Waals surface area contributed by atoms with Crippen molar-refractivity contribution in [1.29, 1.82) is 0 Å². The van der Waals surface area contributed by atoms with Crippen LogP contribution < -0.4 is 5.32 Å². The highest BCUT2D eigenvalue weighted by Crippen LogP contribution is 2.15. The maximum Gasteiger partial charge on any atom is 0.269 e. The Hall–Kier alpha value is -1.95. The molecule has 0 unspecified atom stereocenters. The number of non-ortho nitro benzene ring substituents is 1. The Labute approximate surface area is 124 Å². The average molecular weight is 291 g/mol. The summed E-state index contributed by atoms with van der Waals surface area (Å²) in [5.41, 5.74) is 0.781. The third-order valence-electron chi connectivity index (χ3n) is 3.72. The Morgan fingerprint density at radius 3 is 2.48 bits per heavy atom. The Bertz CT molecular complexity index is 481. The van der Waals surface area contributed by atoms with E-state index in [9.17, 15) is 14.9 Å². The molecule has 0 bridgehead atoms. The summed E-state index contributed by atoms with van der Waals surface area (Å²) in [7, 11) is 0. The molecule has 6 heteroatoms. The van der Waals surface area contributed by atoms with Crippen LogP contribution >= 0.6 is 0 Å². The van der Waals surface area contributed by atoms with Gasteiger partial charge in [-0.25, -0.2) is 0 Å². The van der Waals surface area contributed by atoms with Gasteiger partial charge >= 0.3 is 0 Å². The second-order valence-corrected chi connectivity index (χ2v) is 5.35. The van der Waals surface area contributed by atoms with E-state index in [-0.39, 0.29) is 18.0 Å². The highest BCUT2D eigenvalue weighted by Gasteiger charge is 2.11. The summed E-state index contributed by atoms with van der Waals surface area (Å²) in [5, 5.41) is 13.5. The number of nitro groups is 1. The van der Waals surface area contributed by atoms with Gasteiger partial charge in [0.2, 0.25) is 0 Å². The van der Waals surface area contributed by atoms with Gasteiger partial charge in [0.05, 0.1) is 11.5 Å². The standard InChI is InChI=1S/C15H21N3O3/c19-15(8-11-17-9-2-1-3-10-17)12-16-13-4-6-14(7-5-13)18(20)21/h4-7,16H,1-3,8-12H2. The van der Waals surface area contributed by atoms with Crippen molar-refractivity contribution in [3.05, 3.63) is 34.4 Å². The van der Waals surface area contributed by atoms with Gasteiger partial charge in [-0.05, 0) is 38.1 Å². The van der Waals surface area contributed by atoms with Crippen molar-refractivity contribution in [2.75, 3.05) is 31.5 Å². The van der Waals surface area contributed by atoms with Crippen LogP contribution in [0.4, 0.5) is 11.4 Å². The molecule has 21 heavy (non-hydrogen) atoms. The molecule has 1 aromatic carbocycles. The van der Waals surface area contributed by atoms with E-state index in [1.165, 1.54) is 31.4 Å². The molecule has 1 N–H and O–H groups in total. The molecule has 114 valence electrons. The Morgan fingerprint density at radius 2 is 1.86 bits per heavy atom. The highest BCUT2D eigenvalue weighted by molar-refractivity contribution is 5.83. The molecule has 1 saturated heterocycles. The SMILES string of the molecule is O=C(CCN1CCCCC1)CNc1ccc([N+](=O)[O-])cc1. The minimum Gasteiger partial charge on any atom is -0.378 e. The maximum atomic E-state index is 11.8. The van der Waals surface area contributed by atoms with Gasteiger partial charge < -0.3 is 10.2 Å². The fourth-order valence-electron chi connectivity index (χ4n) is 2.46. The quantitative estimate of drug-likeness (QED) is 0.617. The minimum absolute atomic E-state index is 0.0528. The number of likely N-dealkylation sites (tertiary alicyclic amines) is 1. The van der Waals surface area contributed by atoms with Crippen LogP contribution in [0, 0.1) is 10.1 Å². The first kappa shape index (κ1) is 15.4. The number of hydrogen-bond donors (Lipinski definition) is 1. The van der Waals surface area contributed by atoms with Crippen LogP contribution in [0.25, 0.3) is 0 Å². The van der Waals surface area contributed by atoms with Crippen molar-refractivity contribution < 1.29 is 9.72 Å². The predicted molar refractivity (Wildman–Crippen MR) is 81.5 cm³/mol. The number of nitrogens with one attached hydrogen (secondary N) is 1. The number of piperidine rings is 1. The number of nitrogens with zero attached hydrogens (tertiary/aromatic N) is 2. The smallest absolute Gasteiger partial charge is 0.269 e. The maximum absolute atomic E-state index is 11.8. The summed E-state index contributed by atoms with van der Waals surface area (Å²) < 4.78 is 0. The van der Waals surface area contributed by atoms with Crippen LogP contribution in [0.15, 0.2) is 24.3 Å². The number of Topliss-reactive ketones (excluding diaryl/α,β-unsaturated/α-hetero) is 1. The topological polar surface area (TPSA) is 75.5 Å². The minimum atomic E-state index is -0.437. The van der Waals surface area contributed by atoms with E-state index in [0.717, 1.165) is 25.3 Å². The van der Waals surface area contributed by atoms with Gasteiger partial charge in [-0.1, -0.05) is 6.42 Å². The zero-order valence-corrected chi connectivity index (χ0v) is 12.1. The molecule has 1 heterocycles. The van der Waals surface area contributed by atoms with Crippen LogP contribution in [-0.4, -0.2) is 41.8 Å². The number of rotatable bonds is 7. The second kappa shape index (κ2) is 7.73. The molecule has 0 spiro atoms. The molecule has 2 rings (SSSR count). The summed E-state index contributed by atoms with van der Waals surface area (Å²) >= 11 is 0. The number of hydrogen-bond acceptors (Lipinski definition) is 5. The average Bonchev–Trinajstić information content (AvgIpc) is 2.52. The third-order valence-corrected chi connectivity index (χ3v) is 3.72. The van der Waals surface area contributed by atoms with Crippen molar-refractivity contribution >= 4 is 17.2 Å². The molecule has 1 aliphatic heterocycles. The number of nitro benzene ring substituents is 1. The first-order valence-electron chi connectivity index (χ1n) is 7.37. The van der Waals surface area contributed by atoms with Crippen molar-refractivity contribution in [2.45, 2.75) is 25.7 Å². The first-order valence-corrected chi connectivity index (χ1v) is 7.37. The Morgan fingerprint density at radius 1 is 1.19 bits per heavy atom. The monoisotopic (exact) mass is 291 g/mol. The molecule has 1 fully saturated rings. The Kier molecular flexibility index (Phi) is 5.68. The molecule has 1 aromatic rings. The molecule has 1 aliphatic rings. The Balaban J connectivity index is 1.69. The molecule has 0 aliphatic carbocycles. The molecule has 0 amide bonds. The van der Waals surface area contributed by atoms with E-state index < -0.39 is 4.92 Å². The summed E-state index contributed by atoms with van der Waals surface area (Å²) in [6.07, 6.45) is 4.32. The zero-order valence-electron chi connectivity index (χ0n) is 12.1. The van der Waals surface area contributed by atoms with E-state index in [4.69, 9.17) is 0 Å². The number of carbonyl (C=O) groups excluding carboxylic acids is 1. The lowest BCUT2D eigenvalue weighted by Gasteiger charge is -2.25. The van der Waals surface area contributed by atoms with Gasteiger partial charge in [-0.15, -0.1) is 0 Å². The van der Waals surface area contributed by atoms with Gasteiger partial charge in [-0.3, -0.25) is 14.9 Å². The highest BCUT2D eigenvalue weighted by atomic mass is 16.6. The molecule has 0 aromatic heterocycles. The van der Waals surface area contributed by atoms with Gasteiger partial charge in [0.15, 0.2) is 5.78 Å². The lowest BCUT2D eigenvalue weighted by atomic mass is 10.1. The van der Waals surface area contributed by atoms with Crippen LogP contribution in [0.2, 0.25) is 0 Å². The normalized spacial score (nSPS) is 15.6. The summed E-state index contributed by atoms with van der Waals surface area (Å²) in [6.45, 7) is 3.30. The molecule has 0 saturated carbocycles. The van der Waals surface area contributed by atoms with Crippen molar-refractivity contribution in [2.24, 2.45) is 0 Å². The third kappa shape index (κ3) is 5.15. The molecule has 0 atom stereocenters. The van der Waals surface area contributed by atoms with E-state index in [2.05, 4.69) is 10.2 Å². The number of ketones is 1. The van der Waals surface area contributed by atoms with E-state index >= 15 is 0 Å². The lowest BCUT2D eigenvalue weighted by molar-refractivity contribution is -0.384. The van der Waals surface area contributed by atoms with Gasteiger partial charge in [0, 0.05) is 30.8 Å². The fourth-order valence-corrected chi connectivity index (χ4v) is 2.46. The zero-order chi connectivity index (χ0) is 15.1. The summed E-state index contributed by atoms with van der Waals surface area (Å²) in [6, 6.07) is 6.10. The molecule has 6 nitrogen and oxygen atoms in total. The molecule has 0 radical (unpaired) electrons. The van der Waals surface area contributed by atoms with Crippen LogP contribution in [-0.2, 0) is 4.79 Å². The predicted octanol–water partition coefficient (Wildman–Crippen LogP) is 2.45. The second-order valence-electron chi connectivity index (χ2n) is 5.35. The van der Waals surface area contributed by atoms with Crippen LogP contribution in [0.5, 0.6) is 0 Å². The summed E-state index contributed by atoms with van der Waals surface area (Å²) in [5.74, 6) is 0.166.